The number of rotatable bonds is 3. The molecular formula is C17H19N7O. The lowest BCUT2D eigenvalue weighted by atomic mass is 10.1. The van der Waals surface area contributed by atoms with Gasteiger partial charge in [0.2, 0.25) is 0 Å². The molecule has 0 saturated carbocycles. The fourth-order valence-corrected chi connectivity index (χ4v) is 3.34. The van der Waals surface area contributed by atoms with Crippen LogP contribution >= 0.6 is 0 Å². The molecule has 1 saturated heterocycles. The van der Waals surface area contributed by atoms with Crippen LogP contribution in [0.3, 0.4) is 0 Å². The number of carbonyl (C=O) groups is 1. The van der Waals surface area contributed by atoms with E-state index in [0.717, 1.165) is 24.4 Å². The van der Waals surface area contributed by atoms with E-state index in [2.05, 4.69) is 25.4 Å². The van der Waals surface area contributed by atoms with Crippen LogP contribution < -0.4 is 5.32 Å². The summed E-state index contributed by atoms with van der Waals surface area (Å²) in [7, 11) is 1.83. The van der Waals surface area contributed by atoms with Crippen LogP contribution in [0.4, 0.5) is 5.82 Å². The van der Waals surface area contributed by atoms with Gasteiger partial charge in [0.15, 0.2) is 5.65 Å². The quantitative estimate of drug-likeness (QED) is 0.785. The van der Waals surface area contributed by atoms with Gasteiger partial charge in [0.25, 0.3) is 5.91 Å². The Bertz CT molecular complexity index is 936. The van der Waals surface area contributed by atoms with Gasteiger partial charge >= 0.3 is 0 Å². The number of aryl methyl sites for hydroxylation is 1. The Morgan fingerprint density at radius 1 is 1.36 bits per heavy atom. The standard InChI is InChI=1S/C17H19N7O/c1-11-21-13(9-15(18-2)22-11)14-5-3-7-23(14)17(25)12-10-20-24-8-4-6-19-16(12)24/h4,6,8-10,14H,3,5,7H2,1-2H3,(H,18,21,22)/t14-/m1/s1. The summed E-state index contributed by atoms with van der Waals surface area (Å²) >= 11 is 0. The van der Waals surface area contributed by atoms with Crippen molar-refractivity contribution in [2.24, 2.45) is 0 Å². The Morgan fingerprint density at radius 3 is 3.08 bits per heavy atom. The van der Waals surface area contributed by atoms with Gasteiger partial charge in [-0.3, -0.25) is 4.79 Å². The first-order valence-corrected chi connectivity index (χ1v) is 8.30. The van der Waals surface area contributed by atoms with Gasteiger partial charge in [-0.2, -0.15) is 5.10 Å². The molecule has 1 amide bonds. The second kappa shape index (κ2) is 6.12. The molecular weight excluding hydrogens is 318 g/mol. The van der Waals surface area contributed by atoms with Crippen LogP contribution in [0.25, 0.3) is 5.65 Å². The summed E-state index contributed by atoms with van der Waals surface area (Å²) in [6, 6.07) is 3.65. The number of hydrogen-bond acceptors (Lipinski definition) is 6. The smallest absolute Gasteiger partial charge is 0.259 e. The van der Waals surface area contributed by atoms with Crippen molar-refractivity contribution in [3.05, 3.63) is 47.8 Å². The van der Waals surface area contributed by atoms with E-state index >= 15 is 0 Å². The van der Waals surface area contributed by atoms with E-state index in [1.54, 1.807) is 29.2 Å². The molecule has 3 aromatic rings. The predicted molar refractivity (Wildman–Crippen MR) is 92.3 cm³/mol. The predicted octanol–water partition coefficient (Wildman–Crippen LogP) is 1.85. The second-order valence-corrected chi connectivity index (χ2v) is 6.08. The number of carbonyl (C=O) groups excluding carboxylic acids is 1. The van der Waals surface area contributed by atoms with Crippen molar-refractivity contribution in [1.29, 1.82) is 0 Å². The maximum Gasteiger partial charge on any atom is 0.259 e. The lowest BCUT2D eigenvalue weighted by Crippen LogP contribution is -2.31. The summed E-state index contributed by atoms with van der Waals surface area (Å²) in [5.41, 5.74) is 1.96. The molecule has 0 radical (unpaired) electrons. The first-order valence-electron chi connectivity index (χ1n) is 8.30. The Balaban J connectivity index is 1.70. The molecule has 3 aromatic heterocycles. The maximum atomic E-state index is 13.1. The van der Waals surface area contributed by atoms with E-state index in [9.17, 15) is 4.79 Å². The minimum absolute atomic E-state index is 0.0556. The molecule has 8 nitrogen and oxygen atoms in total. The minimum atomic E-state index is -0.0570. The van der Waals surface area contributed by atoms with Crippen LogP contribution in [-0.2, 0) is 0 Å². The number of nitrogens with one attached hydrogen (secondary N) is 1. The van der Waals surface area contributed by atoms with Gasteiger partial charge in [0.05, 0.1) is 17.9 Å². The number of likely N-dealkylation sites (tertiary alicyclic amines) is 1. The third-order valence-corrected chi connectivity index (χ3v) is 4.48. The molecule has 4 rings (SSSR count). The SMILES string of the molecule is CNc1cc([C@H]2CCCN2C(=O)c2cnn3cccnc23)nc(C)n1. The first-order chi connectivity index (χ1) is 12.2. The number of anilines is 1. The Morgan fingerprint density at radius 2 is 2.24 bits per heavy atom. The molecule has 8 heteroatoms. The molecule has 0 aliphatic carbocycles. The summed E-state index contributed by atoms with van der Waals surface area (Å²) in [4.78, 5) is 28.2. The number of aromatic nitrogens is 5. The highest BCUT2D eigenvalue weighted by atomic mass is 16.2. The van der Waals surface area contributed by atoms with E-state index < -0.39 is 0 Å². The molecule has 0 bridgehead atoms. The van der Waals surface area contributed by atoms with Crippen molar-refractivity contribution in [3.63, 3.8) is 0 Å². The zero-order valence-corrected chi connectivity index (χ0v) is 14.2. The van der Waals surface area contributed by atoms with Crippen molar-refractivity contribution in [2.45, 2.75) is 25.8 Å². The third-order valence-electron chi connectivity index (χ3n) is 4.48. The van der Waals surface area contributed by atoms with E-state index in [-0.39, 0.29) is 11.9 Å². The molecule has 128 valence electrons. The molecule has 1 atom stereocenters. The van der Waals surface area contributed by atoms with Gasteiger partial charge in [0.1, 0.15) is 17.2 Å². The summed E-state index contributed by atoms with van der Waals surface area (Å²) in [5, 5.41) is 7.27. The Labute approximate surface area is 144 Å². The van der Waals surface area contributed by atoms with Gasteiger partial charge < -0.3 is 10.2 Å². The van der Waals surface area contributed by atoms with Gasteiger partial charge in [-0.1, -0.05) is 0 Å². The number of fused-ring (bicyclic) bond motifs is 1. The fourth-order valence-electron chi connectivity index (χ4n) is 3.34. The third kappa shape index (κ3) is 2.69. The van der Waals surface area contributed by atoms with Crippen molar-refractivity contribution in [3.8, 4) is 0 Å². The highest BCUT2D eigenvalue weighted by Gasteiger charge is 2.33. The number of amides is 1. The summed E-state index contributed by atoms with van der Waals surface area (Å²) in [6.07, 6.45) is 6.87. The minimum Gasteiger partial charge on any atom is -0.373 e. The van der Waals surface area contributed by atoms with Gasteiger partial charge in [0, 0.05) is 32.1 Å². The fraction of sp³-hybridized carbons (Fsp3) is 0.353. The highest BCUT2D eigenvalue weighted by molar-refractivity contribution is 6.00. The molecule has 1 aliphatic heterocycles. The first kappa shape index (κ1) is 15.5. The van der Waals surface area contributed by atoms with E-state index in [1.165, 1.54) is 0 Å². The van der Waals surface area contributed by atoms with Crippen LogP contribution in [0, 0.1) is 6.92 Å². The highest BCUT2D eigenvalue weighted by Crippen LogP contribution is 2.33. The Kier molecular flexibility index (Phi) is 3.79. The maximum absolute atomic E-state index is 13.1. The summed E-state index contributed by atoms with van der Waals surface area (Å²) in [5.74, 6) is 1.40. The molecule has 25 heavy (non-hydrogen) atoms. The molecule has 0 spiro atoms. The van der Waals surface area contributed by atoms with Crippen LogP contribution in [0.5, 0.6) is 0 Å². The van der Waals surface area contributed by atoms with E-state index in [4.69, 9.17) is 0 Å². The Hall–Kier alpha value is -3.03. The topological polar surface area (TPSA) is 88.3 Å². The van der Waals surface area contributed by atoms with Crippen molar-refractivity contribution in [1.82, 2.24) is 29.5 Å². The zero-order chi connectivity index (χ0) is 17.4. The van der Waals surface area contributed by atoms with Gasteiger partial charge in [-0.25, -0.2) is 19.5 Å². The molecule has 1 N–H and O–H groups in total. The molecule has 1 fully saturated rings. The van der Waals surface area contributed by atoms with Crippen LogP contribution in [0.15, 0.2) is 30.7 Å². The monoisotopic (exact) mass is 337 g/mol. The van der Waals surface area contributed by atoms with E-state index in [0.29, 0.717) is 23.6 Å². The lowest BCUT2D eigenvalue weighted by Gasteiger charge is -2.24. The number of hydrogen-bond donors (Lipinski definition) is 1. The van der Waals surface area contributed by atoms with Crippen LogP contribution in [-0.4, -0.2) is 49.0 Å². The summed E-state index contributed by atoms with van der Waals surface area (Å²) in [6.45, 7) is 2.56. The summed E-state index contributed by atoms with van der Waals surface area (Å²) < 4.78 is 1.62. The average molecular weight is 337 g/mol. The molecule has 0 unspecified atom stereocenters. The largest absolute Gasteiger partial charge is 0.373 e. The average Bonchev–Trinajstić information content (AvgIpc) is 3.27. The number of nitrogens with zero attached hydrogens (tertiary/aromatic N) is 6. The van der Waals surface area contributed by atoms with Gasteiger partial charge in [-0.15, -0.1) is 0 Å². The van der Waals surface area contributed by atoms with Crippen molar-refractivity contribution >= 4 is 17.4 Å². The molecule has 1 aliphatic rings. The lowest BCUT2D eigenvalue weighted by molar-refractivity contribution is 0.0734. The van der Waals surface area contributed by atoms with Gasteiger partial charge in [-0.05, 0) is 25.8 Å². The van der Waals surface area contributed by atoms with E-state index in [1.807, 2.05) is 24.9 Å². The van der Waals surface area contributed by atoms with Crippen molar-refractivity contribution in [2.75, 3.05) is 18.9 Å². The van der Waals surface area contributed by atoms with Crippen LogP contribution in [0.1, 0.15) is 40.8 Å². The normalized spacial score (nSPS) is 17.2. The molecule has 4 heterocycles. The van der Waals surface area contributed by atoms with Crippen molar-refractivity contribution < 1.29 is 4.79 Å². The molecule has 0 aromatic carbocycles. The second-order valence-electron chi connectivity index (χ2n) is 6.08. The zero-order valence-electron chi connectivity index (χ0n) is 14.2. The van der Waals surface area contributed by atoms with Crippen LogP contribution in [0.2, 0.25) is 0 Å².